The van der Waals surface area contributed by atoms with E-state index in [0.29, 0.717) is 49.3 Å². The van der Waals surface area contributed by atoms with Crippen LogP contribution in [0.5, 0.6) is 0 Å². The van der Waals surface area contributed by atoms with Gasteiger partial charge in [0.2, 0.25) is 11.8 Å². The van der Waals surface area contributed by atoms with Gasteiger partial charge in [-0.3, -0.25) is 9.59 Å². The van der Waals surface area contributed by atoms with Crippen LogP contribution in [0.1, 0.15) is 51.4 Å². The van der Waals surface area contributed by atoms with Crippen molar-refractivity contribution in [2.24, 2.45) is 17.8 Å². The Balaban J connectivity index is 1.13. The van der Waals surface area contributed by atoms with Crippen molar-refractivity contribution >= 4 is 17.8 Å². The maximum absolute atomic E-state index is 13.4. The first-order valence-corrected chi connectivity index (χ1v) is 13.2. The van der Waals surface area contributed by atoms with Crippen LogP contribution in [0.3, 0.4) is 0 Å². The van der Waals surface area contributed by atoms with Gasteiger partial charge in [-0.05, 0) is 76.9 Å². The zero-order valence-electron chi connectivity index (χ0n) is 20.5. The van der Waals surface area contributed by atoms with Gasteiger partial charge < -0.3 is 24.5 Å². The molecule has 3 atom stereocenters. The van der Waals surface area contributed by atoms with Crippen LogP contribution in [0.2, 0.25) is 0 Å². The highest BCUT2D eigenvalue weighted by Crippen LogP contribution is 2.38. The van der Waals surface area contributed by atoms with Crippen molar-refractivity contribution in [1.29, 1.82) is 0 Å². The van der Waals surface area contributed by atoms with E-state index in [9.17, 15) is 14.4 Å². The second kappa shape index (κ2) is 9.43. The molecule has 8 nitrogen and oxygen atoms in total. The van der Waals surface area contributed by atoms with Crippen molar-refractivity contribution in [3.63, 3.8) is 0 Å². The van der Waals surface area contributed by atoms with Crippen LogP contribution in [0.4, 0.5) is 4.79 Å². The third kappa shape index (κ3) is 4.60. The van der Waals surface area contributed by atoms with Crippen LogP contribution in [-0.4, -0.2) is 114 Å². The lowest BCUT2D eigenvalue weighted by atomic mass is 9.76. The maximum Gasteiger partial charge on any atom is 0.320 e. The van der Waals surface area contributed by atoms with Gasteiger partial charge in [0, 0.05) is 64.2 Å². The number of nitrogens with zero attached hydrogens (tertiary/aromatic N) is 5. The molecule has 5 rings (SSSR count). The fraction of sp³-hybridized carbons (Fsp3) is 0.880. The van der Waals surface area contributed by atoms with Gasteiger partial charge >= 0.3 is 6.03 Å². The first-order valence-electron chi connectivity index (χ1n) is 13.2. The van der Waals surface area contributed by atoms with Gasteiger partial charge in [0.1, 0.15) is 0 Å². The normalized spacial score (nSPS) is 32.0. The van der Waals surface area contributed by atoms with Gasteiger partial charge in [-0.25, -0.2) is 4.79 Å². The highest BCUT2D eigenvalue weighted by atomic mass is 16.2. The average Bonchev–Trinajstić information content (AvgIpc) is 2.84. The minimum absolute atomic E-state index is 0.0428. The van der Waals surface area contributed by atoms with Crippen LogP contribution < -0.4 is 0 Å². The van der Waals surface area contributed by atoms with E-state index in [0.717, 1.165) is 77.7 Å². The van der Waals surface area contributed by atoms with E-state index in [4.69, 9.17) is 0 Å². The Kier molecular flexibility index (Phi) is 6.56. The predicted molar refractivity (Wildman–Crippen MR) is 126 cm³/mol. The van der Waals surface area contributed by atoms with Crippen LogP contribution in [-0.2, 0) is 9.59 Å². The summed E-state index contributed by atoms with van der Waals surface area (Å²) in [7, 11) is 4.12. The molecule has 2 bridgehead atoms. The number of hydrogen-bond acceptors (Lipinski definition) is 4. The zero-order chi connectivity index (χ0) is 23.1. The largest absolute Gasteiger partial charge is 0.342 e. The summed E-state index contributed by atoms with van der Waals surface area (Å²) in [5.41, 5.74) is 0. The van der Waals surface area contributed by atoms with Crippen LogP contribution in [0.15, 0.2) is 0 Å². The maximum atomic E-state index is 13.4. The third-order valence-corrected chi connectivity index (χ3v) is 9.15. The average molecular weight is 460 g/mol. The Bertz CT molecular complexity index is 759. The van der Waals surface area contributed by atoms with Crippen molar-refractivity contribution in [2.75, 3.05) is 59.9 Å². The Hall–Kier alpha value is -1.83. The first-order chi connectivity index (χ1) is 15.9. The summed E-state index contributed by atoms with van der Waals surface area (Å²) in [4.78, 5) is 49.4. The molecule has 0 aliphatic carbocycles. The monoisotopic (exact) mass is 459 g/mol. The number of piperidine rings is 5. The molecule has 5 fully saturated rings. The Morgan fingerprint density at radius 1 is 0.909 bits per heavy atom. The molecule has 5 aliphatic rings. The predicted octanol–water partition coefficient (Wildman–Crippen LogP) is 1.70. The van der Waals surface area contributed by atoms with E-state index in [1.165, 1.54) is 0 Å². The molecule has 8 heteroatoms. The molecule has 0 aromatic heterocycles. The lowest BCUT2D eigenvalue weighted by Crippen LogP contribution is -2.62. The van der Waals surface area contributed by atoms with E-state index in [1.807, 2.05) is 16.8 Å². The number of urea groups is 1. The van der Waals surface area contributed by atoms with Crippen molar-refractivity contribution in [3.8, 4) is 0 Å². The standard InChI is InChI=1S/C25H41N5O3/c1-26-10-8-21(9-11-26)27(2)24(32)19-6-12-28(13-7-19)25(33)29-15-18-14-20(17-29)22-4-3-5-23(31)30(22)16-18/h18-22H,3-17H2,1-2H3/t18?,20?,22-/m1/s1. The molecular formula is C25H41N5O3. The number of likely N-dealkylation sites (tertiary alicyclic amines) is 3. The SMILES string of the molecule is CN1CCC(N(C)C(=O)C2CCN(C(=O)N3CC4CC(C3)[C@H]3CCCC(=O)N3C4)CC2)CC1. The molecule has 0 N–H and O–H groups in total. The molecular weight excluding hydrogens is 418 g/mol. The number of amides is 4. The molecule has 184 valence electrons. The molecule has 33 heavy (non-hydrogen) atoms. The number of carbonyl (C=O) groups excluding carboxylic acids is 3. The molecule has 2 unspecified atom stereocenters. The topological polar surface area (TPSA) is 67.4 Å². The van der Waals surface area contributed by atoms with Crippen LogP contribution in [0, 0.1) is 17.8 Å². The molecule has 0 spiro atoms. The highest BCUT2D eigenvalue weighted by Gasteiger charge is 2.45. The molecule has 0 saturated carbocycles. The summed E-state index contributed by atoms with van der Waals surface area (Å²) in [5.74, 6) is 1.46. The fourth-order valence-electron chi connectivity index (χ4n) is 7.13. The number of fused-ring (bicyclic) bond motifs is 4. The number of rotatable bonds is 2. The molecule has 5 saturated heterocycles. The van der Waals surface area contributed by atoms with Crippen molar-refractivity contribution in [1.82, 2.24) is 24.5 Å². The van der Waals surface area contributed by atoms with Crippen molar-refractivity contribution < 1.29 is 14.4 Å². The minimum atomic E-state index is 0.0428. The Morgan fingerprint density at radius 2 is 1.64 bits per heavy atom. The van der Waals surface area contributed by atoms with E-state index in [-0.39, 0.29) is 17.9 Å². The Morgan fingerprint density at radius 3 is 2.36 bits per heavy atom. The lowest BCUT2D eigenvalue weighted by Gasteiger charge is -2.53. The molecule has 5 heterocycles. The van der Waals surface area contributed by atoms with Gasteiger partial charge in [-0.1, -0.05) is 0 Å². The first kappa shape index (κ1) is 22.9. The molecule has 5 aliphatic heterocycles. The Labute approximate surface area is 198 Å². The van der Waals surface area contributed by atoms with E-state index in [2.05, 4.69) is 21.7 Å². The molecule has 0 aromatic rings. The number of carbonyl (C=O) groups is 3. The highest BCUT2D eigenvalue weighted by molar-refractivity contribution is 5.80. The smallest absolute Gasteiger partial charge is 0.320 e. The van der Waals surface area contributed by atoms with Crippen molar-refractivity contribution in [2.45, 2.75) is 63.5 Å². The molecule has 0 radical (unpaired) electrons. The summed E-state index contributed by atoms with van der Waals surface area (Å²) < 4.78 is 0. The fourth-order valence-corrected chi connectivity index (χ4v) is 7.13. The number of hydrogen-bond donors (Lipinski definition) is 0. The summed E-state index contributed by atoms with van der Waals surface area (Å²) in [5, 5.41) is 0. The van der Waals surface area contributed by atoms with E-state index < -0.39 is 0 Å². The molecule has 0 aromatic carbocycles. The van der Waals surface area contributed by atoms with Gasteiger partial charge in [-0.15, -0.1) is 0 Å². The summed E-state index contributed by atoms with van der Waals surface area (Å²) in [6, 6.07) is 0.832. The van der Waals surface area contributed by atoms with Gasteiger partial charge in [0.05, 0.1) is 0 Å². The third-order valence-electron chi connectivity index (χ3n) is 9.15. The van der Waals surface area contributed by atoms with Gasteiger partial charge in [0.25, 0.3) is 0 Å². The summed E-state index contributed by atoms with van der Waals surface area (Å²) >= 11 is 0. The van der Waals surface area contributed by atoms with Crippen LogP contribution in [0.25, 0.3) is 0 Å². The van der Waals surface area contributed by atoms with E-state index >= 15 is 0 Å². The molecule has 4 amide bonds. The quantitative estimate of drug-likeness (QED) is 0.631. The lowest BCUT2D eigenvalue weighted by molar-refractivity contribution is -0.144. The summed E-state index contributed by atoms with van der Waals surface area (Å²) in [6.45, 7) is 5.83. The second-order valence-electron chi connectivity index (χ2n) is 11.3. The van der Waals surface area contributed by atoms with Crippen LogP contribution >= 0.6 is 0 Å². The van der Waals surface area contributed by atoms with Gasteiger partial charge in [-0.2, -0.15) is 0 Å². The van der Waals surface area contributed by atoms with Gasteiger partial charge in [0.15, 0.2) is 0 Å². The second-order valence-corrected chi connectivity index (χ2v) is 11.3. The summed E-state index contributed by atoms with van der Waals surface area (Å²) in [6.07, 6.45) is 7.57. The van der Waals surface area contributed by atoms with Crippen molar-refractivity contribution in [3.05, 3.63) is 0 Å². The zero-order valence-corrected chi connectivity index (χ0v) is 20.5. The minimum Gasteiger partial charge on any atom is -0.342 e. The van der Waals surface area contributed by atoms with E-state index in [1.54, 1.807) is 0 Å².